The quantitative estimate of drug-likeness (QED) is 0.529. The van der Waals surface area contributed by atoms with Crippen LogP contribution in [0.15, 0.2) is 66.9 Å². The van der Waals surface area contributed by atoms with Crippen LogP contribution >= 0.6 is 0 Å². The first kappa shape index (κ1) is 19.0. The lowest BCUT2D eigenvalue weighted by Crippen LogP contribution is -2.18. The average Bonchev–Trinajstić information content (AvgIpc) is 3.06. The number of hydrogen-bond acceptors (Lipinski definition) is 4. The standard InChI is InChI=1S/C24H26N4O/c1-17-13-19(9-11-22(17)29-3)24-21(28-15-20(25)10-12-23(28)26-24)16-27(2)14-18-7-5-4-6-8-18/h4-13,15H,14,16,25H2,1-3H3. The molecular weight excluding hydrogens is 360 g/mol. The normalized spacial score (nSPS) is 11.3. The molecule has 148 valence electrons. The Morgan fingerprint density at radius 3 is 2.55 bits per heavy atom. The second-order valence-corrected chi connectivity index (χ2v) is 7.44. The fourth-order valence-electron chi connectivity index (χ4n) is 3.72. The summed E-state index contributed by atoms with van der Waals surface area (Å²) >= 11 is 0. The number of methoxy groups -OCH3 is 1. The summed E-state index contributed by atoms with van der Waals surface area (Å²) in [6.07, 6.45) is 1.95. The first-order chi connectivity index (χ1) is 14.0. The number of nitrogen functional groups attached to an aromatic ring is 1. The van der Waals surface area contributed by atoms with E-state index in [1.54, 1.807) is 7.11 Å². The van der Waals surface area contributed by atoms with Gasteiger partial charge in [-0.15, -0.1) is 0 Å². The topological polar surface area (TPSA) is 55.8 Å². The number of nitrogens with two attached hydrogens (primary N) is 1. The third kappa shape index (κ3) is 3.96. The lowest BCUT2D eigenvalue weighted by molar-refractivity contribution is 0.314. The molecule has 2 aromatic carbocycles. The Hall–Kier alpha value is -3.31. The van der Waals surface area contributed by atoms with Gasteiger partial charge in [-0.1, -0.05) is 30.3 Å². The number of anilines is 1. The van der Waals surface area contributed by atoms with Gasteiger partial charge in [-0.2, -0.15) is 0 Å². The number of imidazole rings is 1. The third-order valence-corrected chi connectivity index (χ3v) is 5.12. The van der Waals surface area contributed by atoms with Crippen LogP contribution in [0.5, 0.6) is 5.75 Å². The third-order valence-electron chi connectivity index (χ3n) is 5.12. The number of hydrogen-bond donors (Lipinski definition) is 1. The minimum Gasteiger partial charge on any atom is -0.496 e. The van der Waals surface area contributed by atoms with Crippen LogP contribution in [0, 0.1) is 6.92 Å². The molecule has 0 saturated carbocycles. The molecule has 0 fully saturated rings. The van der Waals surface area contributed by atoms with Gasteiger partial charge in [0.25, 0.3) is 0 Å². The van der Waals surface area contributed by atoms with E-state index in [0.717, 1.165) is 52.7 Å². The first-order valence-electron chi connectivity index (χ1n) is 9.69. The smallest absolute Gasteiger partial charge is 0.137 e. The number of ether oxygens (including phenoxy) is 1. The maximum absolute atomic E-state index is 6.08. The van der Waals surface area contributed by atoms with E-state index in [1.165, 1.54) is 5.56 Å². The van der Waals surface area contributed by atoms with Crippen LogP contribution in [0.2, 0.25) is 0 Å². The van der Waals surface area contributed by atoms with E-state index in [4.69, 9.17) is 15.5 Å². The number of benzene rings is 2. The van der Waals surface area contributed by atoms with E-state index >= 15 is 0 Å². The van der Waals surface area contributed by atoms with Crippen molar-refractivity contribution in [1.82, 2.24) is 14.3 Å². The lowest BCUT2D eigenvalue weighted by atomic mass is 10.1. The molecular formula is C24H26N4O. The second kappa shape index (κ2) is 7.97. The van der Waals surface area contributed by atoms with Gasteiger partial charge in [0.2, 0.25) is 0 Å². The Bertz CT molecular complexity index is 1130. The van der Waals surface area contributed by atoms with Crippen LogP contribution in [0.4, 0.5) is 5.69 Å². The zero-order valence-corrected chi connectivity index (χ0v) is 17.1. The summed E-state index contributed by atoms with van der Waals surface area (Å²) in [4.78, 5) is 7.21. The zero-order valence-electron chi connectivity index (χ0n) is 17.1. The van der Waals surface area contributed by atoms with Gasteiger partial charge in [0.1, 0.15) is 11.4 Å². The SMILES string of the molecule is COc1ccc(-c2nc3ccc(N)cn3c2CN(C)Cc2ccccc2)cc1C. The van der Waals surface area contributed by atoms with Crippen LogP contribution in [-0.4, -0.2) is 28.4 Å². The molecule has 4 aromatic rings. The van der Waals surface area contributed by atoms with Crippen molar-refractivity contribution in [2.75, 3.05) is 19.9 Å². The number of aromatic nitrogens is 2. The Labute approximate surface area is 171 Å². The molecule has 0 aliphatic heterocycles. The predicted octanol–water partition coefficient (Wildman–Crippen LogP) is 4.53. The fourth-order valence-corrected chi connectivity index (χ4v) is 3.72. The van der Waals surface area contributed by atoms with Gasteiger partial charge in [0.05, 0.1) is 18.5 Å². The minimum absolute atomic E-state index is 0.722. The largest absolute Gasteiger partial charge is 0.496 e. The Balaban J connectivity index is 1.75. The van der Waals surface area contributed by atoms with Gasteiger partial charge < -0.3 is 14.9 Å². The maximum atomic E-state index is 6.08. The zero-order chi connectivity index (χ0) is 20.4. The number of aryl methyl sites for hydroxylation is 1. The van der Waals surface area contributed by atoms with Crippen molar-refractivity contribution in [2.24, 2.45) is 0 Å². The molecule has 0 unspecified atom stereocenters. The minimum atomic E-state index is 0.722. The van der Waals surface area contributed by atoms with Crippen molar-refractivity contribution in [3.8, 4) is 17.0 Å². The Kier molecular flexibility index (Phi) is 5.23. The summed E-state index contributed by atoms with van der Waals surface area (Å²) in [6.45, 7) is 3.66. The van der Waals surface area contributed by atoms with Gasteiger partial charge in [0, 0.05) is 30.5 Å². The molecule has 0 aliphatic carbocycles. The van der Waals surface area contributed by atoms with Crippen molar-refractivity contribution in [3.63, 3.8) is 0 Å². The highest BCUT2D eigenvalue weighted by Gasteiger charge is 2.17. The summed E-state index contributed by atoms with van der Waals surface area (Å²) in [5.74, 6) is 0.879. The van der Waals surface area contributed by atoms with E-state index in [2.05, 4.69) is 59.7 Å². The van der Waals surface area contributed by atoms with Crippen molar-refractivity contribution >= 4 is 11.3 Å². The molecule has 0 aliphatic rings. The molecule has 0 atom stereocenters. The predicted molar refractivity (Wildman–Crippen MR) is 118 cm³/mol. The van der Waals surface area contributed by atoms with E-state index in [0.29, 0.717) is 0 Å². The Morgan fingerprint density at radius 1 is 1.03 bits per heavy atom. The van der Waals surface area contributed by atoms with E-state index in [9.17, 15) is 0 Å². The first-order valence-corrected chi connectivity index (χ1v) is 9.69. The van der Waals surface area contributed by atoms with Crippen molar-refractivity contribution < 1.29 is 4.74 Å². The summed E-state index contributed by atoms with van der Waals surface area (Å²) < 4.78 is 7.52. The molecule has 29 heavy (non-hydrogen) atoms. The van der Waals surface area contributed by atoms with Crippen LogP contribution < -0.4 is 10.5 Å². The van der Waals surface area contributed by atoms with Crippen molar-refractivity contribution in [3.05, 3.63) is 83.7 Å². The second-order valence-electron chi connectivity index (χ2n) is 7.44. The fraction of sp³-hybridized carbons (Fsp3) is 0.208. The van der Waals surface area contributed by atoms with E-state index in [1.807, 2.05) is 30.5 Å². The molecule has 2 aromatic heterocycles. The number of nitrogens with zero attached hydrogens (tertiary/aromatic N) is 3. The highest BCUT2D eigenvalue weighted by molar-refractivity contribution is 5.69. The molecule has 4 rings (SSSR count). The molecule has 2 N–H and O–H groups in total. The number of rotatable bonds is 6. The van der Waals surface area contributed by atoms with Gasteiger partial charge in [-0.05, 0) is 55.4 Å². The molecule has 5 heteroatoms. The van der Waals surface area contributed by atoms with Crippen molar-refractivity contribution in [2.45, 2.75) is 20.0 Å². The van der Waals surface area contributed by atoms with Gasteiger partial charge in [0.15, 0.2) is 0 Å². The van der Waals surface area contributed by atoms with Crippen LogP contribution in [0.1, 0.15) is 16.8 Å². The van der Waals surface area contributed by atoms with Crippen LogP contribution in [0.25, 0.3) is 16.9 Å². The van der Waals surface area contributed by atoms with Gasteiger partial charge in [-0.3, -0.25) is 4.90 Å². The van der Waals surface area contributed by atoms with Crippen molar-refractivity contribution in [1.29, 1.82) is 0 Å². The Morgan fingerprint density at radius 2 is 1.83 bits per heavy atom. The maximum Gasteiger partial charge on any atom is 0.137 e. The molecule has 0 spiro atoms. The highest BCUT2D eigenvalue weighted by atomic mass is 16.5. The van der Waals surface area contributed by atoms with E-state index < -0.39 is 0 Å². The van der Waals surface area contributed by atoms with Crippen LogP contribution in [0.3, 0.4) is 0 Å². The van der Waals surface area contributed by atoms with E-state index in [-0.39, 0.29) is 0 Å². The summed E-state index contributed by atoms with van der Waals surface area (Å²) in [5, 5.41) is 0. The molecule has 5 nitrogen and oxygen atoms in total. The molecule has 0 saturated heterocycles. The molecule has 2 heterocycles. The lowest BCUT2D eigenvalue weighted by Gasteiger charge is -2.18. The highest BCUT2D eigenvalue weighted by Crippen LogP contribution is 2.30. The summed E-state index contributed by atoms with van der Waals surface area (Å²) in [5.41, 5.74) is 13.2. The number of pyridine rings is 1. The number of fused-ring (bicyclic) bond motifs is 1. The average molecular weight is 386 g/mol. The molecule has 0 amide bonds. The molecule has 0 radical (unpaired) electrons. The summed E-state index contributed by atoms with van der Waals surface area (Å²) in [6, 6.07) is 20.5. The van der Waals surface area contributed by atoms with Gasteiger partial charge >= 0.3 is 0 Å². The summed E-state index contributed by atoms with van der Waals surface area (Å²) in [7, 11) is 3.82. The van der Waals surface area contributed by atoms with Crippen LogP contribution in [-0.2, 0) is 13.1 Å². The monoisotopic (exact) mass is 386 g/mol. The van der Waals surface area contributed by atoms with Gasteiger partial charge in [-0.25, -0.2) is 4.98 Å². The molecule has 0 bridgehead atoms.